The summed E-state index contributed by atoms with van der Waals surface area (Å²) in [6.45, 7) is 3.31. The van der Waals surface area contributed by atoms with Crippen molar-refractivity contribution >= 4 is 44.9 Å². The number of fused-ring (bicyclic) bond motifs is 1. The summed E-state index contributed by atoms with van der Waals surface area (Å²) in [6, 6.07) is 13.0. The second-order valence-corrected chi connectivity index (χ2v) is 9.72. The van der Waals surface area contributed by atoms with E-state index >= 15 is 0 Å². The molecule has 1 fully saturated rings. The molecule has 36 heavy (non-hydrogen) atoms. The molecule has 5 rings (SSSR count). The van der Waals surface area contributed by atoms with Crippen molar-refractivity contribution in [2.24, 2.45) is 0 Å². The largest absolute Gasteiger partial charge is 0.366 e. The van der Waals surface area contributed by atoms with Crippen LogP contribution in [0.2, 0.25) is 0 Å². The standard InChI is InChI=1S/C26H26BrN7O2/c1-17(35)31-21-8-2-6-19(11-21)26(36)33-10-4-7-20(16-33)23-12-24(29-14-18-5-3-9-28-13-18)34-25(32-23)22(27)15-30-34/h2-3,5-6,8-9,11-13,15,20,29H,4,7,10,14,16H2,1H3,(H,31,35). The van der Waals surface area contributed by atoms with E-state index in [0.717, 1.165) is 40.0 Å². The minimum Gasteiger partial charge on any atom is -0.366 e. The normalized spacial score (nSPS) is 15.6. The fourth-order valence-corrected chi connectivity index (χ4v) is 4.85. The van der Waals surface area contributed by atoms with Crippen LogP contribution in [0, 0.1) is 0 Å². The van der Waals surface area contributed by atoms with Gasteiger partial charge in [0, 0.05) is 62.2 Å². The number of aromatic nitrogens is 4. The van der Waals surface area contributed by atoms with Gasteiger partial charge >= 0.3 is 0 Å². The number of hydrogen-bond acceptors (Lipinski definition) is 6. The first-order valence-corrected chi connectivity index (χ1v) is 12.6. The molecule has 9 nitrogen and oxygen atoms in total. The number of rotatable bonds is 6. The number of carbonyl (C=O) groups excluding carboxylic acids is 2. The Morgan fingerprint density at radius 1 is 1.17 bits per heavy atom. The van der Waals surface area contributed by atoms with Gasteiger partial charge in [0.15, 0.2) is 5.65 Å². The second kappa shape index (κ2) is 10.4. The van der Waals surface area contributed by atoms with Gasteiger partial charge in [-0.25, -0.2) is 4.98 Å². The van der Waals surface area contributed by atoms with Gasteiger partial charge in [-0.2, -0.15) is 9.61 Å². The van der Waals surface area contributed by atoms with Gasteiger partial charge in [-0.05, 0) is 58.6 Å². The summed E-state index contributed by atoms with van der Waals surface area (Å²) < 4.78 is 2.59. The van der Waals surface area contributed by atoms with E-state index in [1.54, 1.807) is 41.2 Å². The maximum atomic E-state index is 13.3. The lowest BCUT2D eigenvalue weighted by atomic mass is 9.93. The molecule has 1 unspecified atom stereocenters. The van der Waals surface area contributed by atoms with Crippen molar-refractivity contribution in [1.82, 2.24) is 24.5 Å². The molecule has 0 bridgehead atoms. The van der Waals surface area contributed by atoms with Gasteiger partial charge in [-0.15, -0.1) is 0 Å². The van der Waals surface area contributed by atoms with Crippen LogP contribution in [0.1, 0.15) is 47.3 Å². The number of likely N-dealkylation sites (tertiary alicyclic amines) is 1. The van der Waals surface area contributed by atoms with Crippen LogP contribution in [0.25, 0.3) is 5.65 Å². The van der Waals surface area contributed by atoms with Gasteiger partial charge in [-0.3, -0.25) is 14.6 Å². The topological polar surface area (TPSA) is 105 Å². The Morgan fingerprint density at radius 2 is 2.06 bits per heavy atom. The Kier molecular flexibility index (Phi) is 6.95. The zero-order valence-corrected chi connectivity index (χ0v) is 21.4. The first-order valence-electron chi connectivity index (χ1n) is 11.8. The van der Waals surface area contributed by atoms with Crippen molar-refractivity contribution in [3.8, 4) is 0 Å². The molecule has 1 aromatic carbocycles. The van der Waals surface area contributed by atoms with Crippen LogP contribution in [-0.2, 0) is 11.3 Å². The molecular weight excluding hydrogens is 522 g/mol. The minimum atomic E-state index is -0.168. The van der Waals surface area contributed by atoms with Crippen molar-refractivity contribution in [1.29, 1.82) is 0 Å². The average Bonchev–Trinajstić information content (AvgIpc) is 3.28. The molecule has 1 atom stereocenters. The van der Waals surface area contributed by atoms with Gasteiger partial charge < -0.3 is 15.5 Å². The lowest BCUT2D eigenvalue weighted by molar-refractivity contribution is -0.114. The van der Waals surface area contributed by atoms with Crippen LogP contribution in [0.3, 0.4) is 0 Å². The third-order valence-electron chi connectivity index (χ3n) is 6.20. The molecule has 0 spiro atoms. The number of benzene rings is 1. The van der Waals surface area contributed by atoms with E-state index in [0.29, 0.717) is 30.9 Å². The molecule has 0 aliphatic carbocycles. The van der Waals surface area contributed by atoms with E-state index in [2.05, 4.69) is 36.6 Å². The van der Waals surface area contributed by atoms with Gasteiger partial charge in [0.1, 0.15) is 5.82 Å². The third kappa shape index (κ3) is 5.23. The highest BCUT2D eigenvalue weighted by molar-refractivity contribution is 9.10. The fourth-order valence-electron chi connectivity index (χ4n) is 4.50. The van der Waals surface area contributed by atoms with E-state index < -0.39 is 0 Å². The maximum absolute atomic E-state index is 13.3. The molecule has 0 radical (unpaired) electrons. The monoisotopic (exact) mass is 547 g/mol. The minimum absolute atomic E-state index is 0.0477. The van der Waals surface area contributed by atoms with Crippen LogP contribution in [-0.4, -0.2) is 49.4 Å². The lowest BCUT2D eigenvalue weighted by Gasteiger charge is -2.33. The zero-order valence-electron chi connectivity index (χ0n) is 19.8. The van der Waals surface area contributed by atoms with Crippen molar-refractivity contribution in [2.75, 3.05) is 23.7 Å². The summed E-state index contributed by atoms with van der Waals surface area (Å²) in [5.74, 6) is 0.703. The molecule has 10 heteroatoms. The van der Waals surface area contributed by atoms with Crippen molar-refractivity contribution < 1.29 is 9.59 Å². The third-order valence-corrected chi connectivity index (χ3v) is 6.76. The summed E-state index contributed by atoms with van der Waals surface area (Å²) in [5, 5.41) is 10.7. The average molecular weight is 548 g/mol. The Balaban J connectivity index is 1.38. The van der Waals surface area contributed by atoms with E-state index in [4.69, 9.17) is 4.98 Å². The Bertz CT molecular complexity index is 1410. The molecule has 0 saturated carbocycles. The second-order valence-electron chi connectivity index (χ2n) is 8.86. The molecule has 3 aromatic heterocycles. The van der Waals surface area contributed by atoms with Gasteiger partial charge in [0.25, 0.3) is 5.91 Å². The van der Waals surface area contributed by atoms with Crippen LogP contribution in [0.15, 0.2) is 65.5 Å². The molecule has 184 valence electrons. The predicted octanol–water partition coefficient (Wildman–Crippen LogP) is 4.48. The Morgan fingerprint density at radius 3 is 2.86 bits per heavy atom. The summed E-state index contributed by atoms with van der Waals surface area (Å²) in [5.41, 5.74) is 3.88. The van der Waals surface area contributed by atoms with Crippen LogP contribution < -0.4 is 10.6 Å². The first-order chi connectivity index (χ1) is 17.5. The fraction of sp³-hybridized carbons (Fsp3) is 0.269. The van der Waals surface area contributed by atoms with Crippen molar-refractivity contribution in [3.63, 3.8) is 0 Å². The smallest absolute Gasteiger partial charge is 0.253 e. The molecule has 2 amide bonds. The predicted molar refractivity (Wildman–Crippen MR) is 141 cm³/mol. The van der Waals surface area contributed by atoms with Gasteiger partial charge in [0.2, 0.25) is 5.91 Å². The van der Waals surface area contributed by atoms with Gasteiger partial charge in [0.05, 0.1) is 16.4 Å². The van der Waals surface area contributed by atoms with Crippen LogP contribution >= 0.6 is 15.9 Å². The number of nitrogens with zero attached hydrogens (tertiary/aromatic N) is 5. The van der Waals surface area contributed by atoms with E-state index in [9.17, 15) is 9.59 Å². The molecular formula is C26H26BrN7O2. The number of hydrogen-bond donors (Lipinski definition) is 2. The van der Waals surface area contributed by atoms with E-state index in [1.165, 1.54) is 6.92 Å². The van der Waals surface area contributed by atoms with Crippen molar-refractivity contribution in [3.05, 3.63) is 82.3 Å². The number of pyridine rings is 1. The quantitative estimate of drug-likeness (QED) is 0.369. The molecule has 1 aliphatic rings. The highest BCUT2D eigenvalue weighted by atomic mass is 79.9. The number of anilines is 2. The number of amides is 2. The highest BCUT2D eigenvalue weighted by Crippen LogP contribution is 2.30. The first kappa shape index (κ1) is 23.9. The summed E-state index contributed by atoms with van der Waals surface area (Å²) in [4.78, 5) is 35.7. The summed E-state index contributed by atoms with van der Waals surface area (Å²) in [6.07, 6.45) is 7.14. The SMILES string of the molecule is CC(=O)Nc1cccc(C(=O)N2CCCC(c3cc(NCc4cccnc4)n4ncc(Br)c4n3)C2)c1. The number of carbonyl (C=O) groups is 2. The molecule has 4 aromatic rings. The van der Waals surface area contributed by atoms with Crippen molar-refractivity contribution in [2.45, 2.75) is 32.2 Å². The molecule has 1 saturated heterocycles. The molecule has 1 aliphatic heterocycles. The Labute approximate surface area is 217 Å². The van der Waals surface area contributed by atoms with E-state index in [-0.39, 0.29) is 17.7 Å². The molecule has 2 N–H and O–H groups in total. The summed E-state index contributed by atoms with van der Waals surface area (Å²) in [7, 11) is 0. The number of nitrogens with one attached hydrogen (secondary N) is 2. The van der Waals surface area contributed by atoms with Crippen LogP contribution in [0.4, 0.5) is 11.5 Å². The highest BCUT2D eigenvalue weighted by Gasteiger charge is 2.27. The molecule has 4 heterocycles. The van der Waals surface area contributed by atoms with Gasteiger partial charge in [-0.1, -0.05) is 12.1 Å². The van der Waals surface area contributed by atoms with Crippen LogP contribution in [0.5, 0.6) is 0 Å². The number of piperidine rings is 1. The Hall–Kier alpha value is -3.79. The number of halogens is 1. The zero-order chi connectivity index (χ0) is 25.1. The van der Waals surface area contributed by atoms with E-state index in [1.807, 2.05) is 29.3 Å². The summed E-state index contributed by atoms with van der Waals surface area (Å²) >= 11 is 3.57. The maximum Gasteiger partial charge on any atom is 0.253 e. The lowest BCUT2D eigenvalue weighted by Crippen LogP contribution is -2.39.